The lowest BCUT2D eigenvalue weighted by atomic mass is 10.0. The van der Waals surface area contributed by atoms with Gasteiger partial charge in [0.2, 0.25) is 0 Å². The van der Waals surface area contributed by atoms with Crippen LogP contribution in [-0.2, 0) is 28.6 Å². The van der Waals surface area contributed by atoms with E-state index in [0.29, 0.717) is 19.3 Å². The minimum Gasteiger partial charge on any atom is -0.462 e. The van der Waals surface area contributed by atoms with Gasteiger partial charge in [-0.05, 0) is 122 Å². The number of ether oxygens (including phenoxy) is 3. The molecule has 83 heavy (non-hydrogen) atoms. The third-order valence-electron chi connectivity index (χ3n) is 14.6. The molecule has 0 amide bonds. The summed E-state index contributed by atoms with van der Waals surface area (Å²) in [5, 5.41) is 0. The maximum absolute atomic E-state index is 12.9. The van der Waals surface area contributed by atoms with Gasteiger partial charge in [0, 0.05) is 19.3 Å². The third-order valence-corrected chi connectivity index (χ3v) is 14.6. The Morgan fingerprint density at radius 3 is 0.735 bits per heavy atom. The molecule has 472 valence electrons. The van der Waals surface area contributed by atoms with Crippen molar-refractivity contribution in [1.29, 1.82) is 0 Å². The quantitative estimate of drug-likeness (QED) is 0.0261. The number of carbonyl (C=O) groups excluding carboxylic acids is 3. The molecular formula is C77H128O6. The first-order valence-electron chi connectivity index (χ1n) is 34.7. The van der Waals surface area contributed by atoms with Crippen molar-refractivity contribution < 1.29 is 28.6 Å². The minimum atomic E-state index is -0.790. The summed E-state index contributed by atoms with van der Waals surface area (Å²) in [5.74, 6) is -0.901. The van der Waals surface area contributed by atoms with E-state index < -0.39 is 6.10 Å². The molecular weight excluding hydrogens is 1020 g/mol. The fraction of sp³-hybridized carbons (Fsp3) is 0.675. The van der Waals surface area contributed by atoms with Gasteiger partial charge in [-0.3, -0.25) is 14.4 Å². The number of rotatable bonds is 62. The van der Waals surface area contributed by atoms with Crippen LogP contribution in [0.3, 0.4) is 0 Å². The van der Waals surface area contributed by atoms with Gasteiger partial charge in [-0.2, -0.15) is 0 Å². The van der Waals surface area contributed by atoms with Crippen LogP contribution in [0.1, 0.15) is 316 Å². The van der Waals surface area contributed by atoms with Crippen LogP contribution in [0.4, 0.5) is 0 Å². The first-order valence-corrected chi connectivity index (χ1v) is 34.7. The molecule has 0 saturated heterocycles. The molecule has 0 bridgehead atoms. The summed E-state index contributed by atoms with van der Waals surface area (Å²) in [6.07, 6.45) is 99.0. The Balaban J connectivity index is 4.25. The zero-order chi connectivity index (χ0) is 59.9. The van der Waals surface area contributed by atoms with Crippen LogP contribution >= 0.6 is 0 Å². The number of hydrogen-bond acceptors (Lipinski definition) is 6. The molecule has 1 atom stereocenters. The lowest BCUT2D eigenvalue weighted by Crippen LogP contribution is -2.30. The van der Waals surface area contributed by atoms with Gasteiger partial charge in [-0.1, -0.05) is 309 Å². The maximum Gasteiger partial charge on any atom is 0.306 e. The number of carbonyl (C=O) groups is 3. The largest absolute Gasteiger partial charge is 0.462 e. The Kier molecular flexibility index (Phi) is 66.3. The van der Waals surface area contributed by atoms with E-state index in [2.05, 4.69) is 154 Å². The molecule has 0 aromatic carbocycles. The van der Waals surface area contributed by atoms with Crippen LogP contribution < -0.4 is 0 Å². The molecule has 0 saturated carbocycles. The van der Waals surface area contributed by atoms with E-state index >= 15 is 0 Å². The predicted octanol–water partition coefficient (Wildman–Crippen LogP) is 24.1. The van der Waals surface area contributed by atoms with Crippen LogP contribution in [0, 0.1) is 0 Å². The van der Waals surface area contributed by atoms with Gasteiger partial charge in [-0.15, -0.1) is 0 Å². The summed E-state index contributed by atoms with van der Waals surface area (Å²) < 4.78 is 16.9. The summed E-state index contributed by atoms with van der Waals surface area (Å²) in [5.41, 5.74) is 0. The van der Waals surface area contributed by atoms with Gasteiger partial charge >= 0.3 is 17.9 Å². The summed E-state index contributed by atoms with van der Waals surface area (Å²) in [6, 6.07) is 0. The highest BCUT2D eigenvalue weighted by Gasteiger charge is 2.19. The molecule has 1 unspecified atom stereocenters. The van der Waals surface area contributed by atoms with E-state index in [0.717, 1.165) is 135 Å². The smallest absolute Gasteiger partial charge is 0.306 e. The van der Waals surface area contributed by atoms with Gasteiger partial charge in [0.1, 0.15) is 13.2 Å². The first-order chi connectivity index (χ1) is 41.0. The molecule has 0 heterocycles. The van der Waals surface area contributed by atoms with Crippen LogP contribution in [0.15, 0.2) is 134 Å². The molecule has 0 aromatic rings. The van der Waals surface area contributed by atoms with Crippen molar-refractivity contribution >= 4 is 17.9 Å². The second kappa shape index (κ2) is 70.0. The van der Waals surface area contributed by atoms with Crippen molar-refractivity contribution in [1.82, 2.24) is 0 Å². The normalized spacial score (nSPS) is 13.0. The van der Waals surface area contributed by atoms with Gasteiger partial charge < -0.3 is 14.2 Å². The van der Waals surface area contributed by atoms with E-state index in [1.165, 1.54) is 141 Å². The van der Waals surface area contributed by atoms with Gasteiger partial charge in [0.05, 0.1) is 0 Å². The van der Waals surface area contributed by atoms with Crippen LogP contribution in [-0.4, -0.2) is 37.2 Å². The SMILES string of the molecule is CC/C=C\C/C=C\C/C=C\C/C=C\C/C=C\C/C=C\C/C=C\C/C=C\CCCCCCCCC(=O)OCC(COC(=O)CCCCCCCCCCC)OC(=O)CCCCCCCCCCCC/C=C\C/C=C\C/C=C\CCCCCCC. The highest BCUT2D eigenvalue weighted by molar-refractivity contribution is 5.71. The van der Waals surface area contributed by atoms with Crippen molar-refractivity contribution in [2.75, 3.05) is 13.2 Å². The van der Waals surface area contributed by atoms with Crippen LogP contribution in [0.5, 0.6) is 0 Å². The van der Waals surface area contributed by atoms with Crippen LogP contribution in [0.2, 0.25) is 0 Å². The van der Waals surface area contributed by atoms with Gasteiger partial charge in [0.15, 0.2) is 6.10 Å². The van der Waals surface area contributed by atoms with Crippen molar-refractivity contribution in [3.05, 3.63) is 134 Å². The van der Waals surface area contributed by atoms with Crippen molar-refractivity contribution in [3.63, 3.8) is 0 Å². The standard InChI is InChI=1S/C77H128O6/c1-4-7-10-13-16-19-21-23-25-27-29-31-33-35-36-37-38-39-40-42-43-45-47-49-51-53-55-58-61-64-67-70-76(79)82-73-74(72-81-75(78)69-66-63-60-57-18-15-12-9-6-3)83-77(80)71-68-65-62-59-56-54-52-50-48-46-44-41-34-32-30-28-26-24-22-20-17-14-11-8-5-2/h7,10,16,19,22-25,28-31,34-36,38-39,41-43,47,49,74H,4-6,8-9,11-15,17-18,20-21,26-27,32-33,37,40,44-46,48,50-73H2,1-3H3/b10-7-,19-16-,24-22-,25-23-,30-28-,31-29-,36-35-,39-38-,41-34-,43-42-,49-47-. The van der Waals surface area contributed by atoms with E-state index in [9.17, 15) is 14.4 Å². The van der Waals surface area contributed by atoms with E-state index in [1.807, 2.05) is 0 Å². The minimum absolute atomic E-state index is 0.0851. The van der Waals surface area contributed by atoms with Crippen LogP contribution in [0.25, 0.3) is 0 Å². The molecule has 0 aliphatic carbocycles. The molecule has 0 aliphatic rings. The fourth-order valence-electron chi connectivity index (χ4n) is 9.47. The predicted molar refractivity (Wildman–Crippen MR) is 362 cm³/mol. The Labute approximate surface area is 513 Å². The molecule has 6 nitrogen and oxygen atoms in total. The monoisotopic (exact) mass is 1150 g/mol. The van der Waals surface area contributed by atoms with Crippen molar-refractivity contribution in [2.45, 2.75) is 322 Å². The molecule has 0 aliphatic heterocycles. The summed E-state index contributed by atoms with van der Waals surface area (Å²) in [4.78, 5) is 38.3. The van der Waals surface area contributed by atoms with Gasteiger partial charge in [-0.25, -0.2) is 0 Å². The lowest BCUT2D eigenvalue weighted by Gasteiger charge is -2.18. The molecule has 0 N–H and O–H groups in total. The maximum atomic E-state index is 12.9. The Morgan fingerprint density at radius 1 is 0.253 bits per heavy atom. The second-order valence-corrected chi connectivity index (χ2v) is 22.7. The zero-order valence-corrected chi connectivity index (χ0v) is 54.2. The summed E-state index contributed by atoms with van der Waals surface area (Å²) in [7, 11) is 0. The number of esters is 3. The molecule has 0 rings (SSSR count). The fourth-order valence-corrected chi connectivity index (χ4v) is 9.47. The highest BCUT2D eigenvalue weighted by Crippen LogP contribution is 2.16. The van der Waals surface area contributed by atoms with E-state index in [4.69, 9.17) is 14.2 Å². The number of allylic oxidation sites excluding steroid dienone is 22. The molecule has 0 spiro atoms. The molecule has 0 radical (unpaired) electrons. The summed E-state index contributed by atoms with van der Waals surface area (Å²) in [6.45, 7) is 6.50. The zero-order valence-electron chi connectivity index (χ0n) is 54.2. The second-order valence-electron chi connectivity index (χ2n) is 22.7. The van der Waals surface area contributed by atoms with E-state index in [1.54, 1.807) is 0 Å². The summed E-state index contributed by atoms with van der Waals surface area (Å²) >= 11 is 0. The Bertz CT molecular complexity index is 1750. The topological polar surface area (TPSA) is 78.9 Å². The lowest BCUT2D eigenvalue weighted by molar-refractivity contribution is -0.167. The first kappa shape index (κ1) is 78.5. The third kappa shape index (κ3) is 68.2. The van der Waals surface area contributed by atoms with Crippen molar-refractivity contribution in [3.8, 4) is 0 Å². The average molecular weight is 1150 g/mol. The molecule has 0 fully saturated rings. The molecule has 6 heteroatoms. The number of unbranched alkanes of at least 4 members (excludes halogenated alkanes) is 29. The highest BCUT2D eigenvalue weighted by atomic mass is 16.6. The Hall–Kier alpha value is -4.45. The number of hydrogen-bond donors (Lipinski definition) is 0. The van der Waals surface area contributed by atoms with E-state index in [-0.39, 0.29) is 31.1 Å². The van der Waals surface area contributed by atoms with Crippen molar-refractivity contribution in [2.24, 2.45) is 0 Å². The van der Waals surface area contributed by atoms with Gasteiger partial charge in [0.25, 0.3) is 0 Å². The molecule has 0 aromatic heterocycles. The average Bonchev–Trinajstić information content (AvgIpc) is 3.49. The Morgan fingerprint density at radius 2 is 0.470 bits per heavy atom.